The first-order chi connectivity index (χ1) is 18.3. The van der Waals surface area contributed by atoms with Crippen LogP contribution in [0.25, 0.3) is 10.8 Å². The van der Waals surface area contributed by atoms with Gasteiger partial charge in [-0.1, -0.05) is 60.7 Å². The van der Waals surface area contributed by atoms with Crippen LogP contribution in [0.2, 0.25) is 0 Å². The second-order valence-electron chi connectivity index (χ2n) is 10.3. The number of nitrogens with zero attached hydrogens (tertiary/aromatic N) is 3. The number of piperazine rings is 1. The van der Waals surface area contributed by atoms with Gasteiger partial charge in [0.05, 0.1) is 11.4 Å². The minimum atomic E-state index is -4.00. The van der Waals surface area contributed by atoms with Crippen LogP contribution in [0.5, 0.6) is 0 Å². The SMILES string of the molecule is CN1CCCC(N2CCN(C(=O)C(Cc3ccccc3)NS(=O)(=O)c3ccc4ccccc4c3)CC2=O)C1. The van der Waals surface area contributed by atoms with E-state index in [0.29, 0.717) is 13.1 Å². The highest BCUT2D eigenvalue weighted by molar-refractivity contribution is 7.89. The zero-order valence-corrected chi connectivity index (χ0v) is 22.4. The fourth-order valence-corrected chi connectivity index (χ4v) is 6.72. The Bertz CT molecular complexity index is 1410. The quantitative estimate of drug-likeness (QED) is 0.503. The highest BCUT2D eigenvalue weighted by Gasteiger charge is 2.36. The van der Waals surface area contributed by atoms with Crippen LogP contribution in [0.3, 0.4) is 0 Å². The van der Waals surface area contributed by atoms with E-state index in [1.165, 1.54) is 4.90 Å². The van der Waals surface area contributed by atoms with Crippen LogP contribution in [0.1, 0.15) is 18.4 Å². The van der Waals surface area contributed by atoms with E-state index in [1.54, 1.807) is 18.2 Å². The molecule has 1 N–H and O–H groups in total. The summed E-state index contributed by atoms with van der Waals surface area (Å²) in [6, 6.07) is 20.9. The number of hydrogen-bond acceptors (Lipinski definition) is 5. The Kier molecular flexibility index (Phi) is 7.78. The molecule has 2 aliphatic rings. The molecule has 0 spiro atoms. The maximum Gasteiger partial charge on any atom is 0.242 e. The number of fused-ring (bicyclic) bond motifs is 1. The summed E-state index contributed by atoms with van der Waals surface area (Å²) in [5.41, 5.74) is 0.835. The maximum atomic E-state index is 13.7. The number of piperidine rings is 1. The van der Waals surface area contributed by atoms with E-state index < -0.39 is 16.1 Å². The summed E-state index contributed by atoms with van der Waals surface area (Å²) in [7, 11) is -1.94. The lowest BCUT2D eigenvalue weighted by Crippen LogP contribution is -2.61. The van der Waals surface area contributed by atoms with Gasteiger partial charge in [0, 0.05) is 25.7 Å². The molecule has 8 nitrogen and oxygen atoms in total. The van der Waals surface area contributed by atoms with Gasteiger partial charge in [-0.2, -0.15) is 4.72 Å². The molecule has 2 heterocycles. The van der Waals surface area contributed by atoms with Gasteiger partial charge in [-0.25, -0.2) is 8.42 Å². The van der Waals surface area contributed by atoms with Gasteiger partial charge in [0.25, 0.3) is 0 Å². The van der Waals surface area contributed by atoms with Crippen molar-refractivity contribution in [2.75, 3.05) is 39.8 Å². The van der Waals surface area contributed by atoms with Gasteiger partial charge in [-0.15, -0.1) is 0 Å². The average molecular weight is 535 g/mol. The molecule has 2 fully saturated rings. The molecule has 9 heteroatoms. The van der Waals surface area contributed by atoms with Gasteiger partial charge in [-0.3, -0.25) is 9.59 Å². The first-order valence-corrected chi connectivity index (χ1v) is 14.6. The Morgan fingerprint density at radius 3 is 2.45 bits per heavy atom. The number of carbonyl (C=O) groups excluding carboxylic acids is 2. The summed E-state index contributed by atoms with van der Waals surface area (Å²) < 4.78 is 29.6. The van der Waals surface area contributed by atoms with Gasteiger partial charge in [0.15, 0.2) is 0 Å². The minimum absolute atomic E-state index is 0.0396. The molecule has 0 aromatic heterocycles. The molecule has 5 rings (SSSR count). The Hall–Kier alpha value is -3.27. The molecule has 38 heavy (non-hydrogen) atoms. The van der Waals surface area contributed by atoms with Crippen molar-refractivity contribution < 1.29 is 18.0 Å². The van der Waals surface area contributed by atoms with Crippen LogP contribution >= 0.6 is 0 Å². The maximum absolute atomic E-state index is 13.7. The zero-order chi connectivity index (χ0) is 26.7. The van der Waals surface area contributed by atoms with E-state index in [2.05, 4.69) is 16.7 Å². The number of nitrogens with one attached hydrogen (secondary N) is 1. The van der Waals surface area contributed by atoms with E-state index >= 15 is 0 Å². The number of likely N-dealkylation sites (N-methyl/N-ethyl adjacent to an activating group) is 1. The molecular weight excluding hydrogens is 500 g/mol. The topological polar surface area (TPSA) is 90.0 Å². The average Bonchev–Trinajstić information content (AvgIpc) is 2.92. The lowest BCUT2D eigenvalue weighted by atomic mass is 10.0. The highest BCUT2D eigenvalue weighted by atomic mass is 32.2. The molecule has 2 atom stereocenters. The number of benzene rings is 3. The third-order valence-corrected chi connectivity index (χ3v) is 8.99. The monoisotopic (exact) mass is 534 g/mol. The Labute approximate surface area is 224 Å². The fourth-order valence-electron chi connectivity index (χ4n) is 5.49. The van der Waals surface area contributed by atoms with Gasteiger partial charge >= 0.3 is 0 Å². The third kappa shape index (κ3) is 5.90. The summed E-state index contributed by atoms with van der Waals surface area (Å²) in [4.78, 5) is 32.6. The van der Waals surface area contributed by atoms with Crippen molar-refractivity contribution in [3.63, 3.8) is 0 Å². The molecule has 3 aromatic carbocycles. The molecular formula is C29H34N4O4S. The molecule has 2 aliphatic heterocycles. The van der Waals surface area contributed by atoms with E-state index in [1.807, 2.05) is 59.5 Å². The largest absolute Gasteiger partial charge is 0.335 e. The summed E-state index contributed by atoms with van der Waals surface area (Å²) in [5, 5.41) is 1.74. The normalized spacial score (nSPS) is 20.0. The van der Waals surface area contributed by atoms with Crippen molar-refractivity contribution in [3.05, 3.63) is 78.4 Å². The molecule has 0 bridgehead atoms. The van der Waals surface area contributed by atoms with Gasteiger partial charge in [0.2, 0.25) is 21.8 Å². The number of rotatable bonds is 7. The van der Waals surface area contributed by atoms with Crippen molar-refractivity contribution >= 4 is 32.6 Å². The molecule has 200 valence electrons. The van der Waals surface area contributed by atoms with Crippen molar-refractivity contribution in [1.82, 2.24) is 19.4 Å². The Balaban J connectivity index is 1.35. The Morgan fingerprint density at radius 1 is 0.974 bits per heavy atom. The van der Waals surface area contributed by atoms with Crippen molar-refractivity contribution in [1.29, 1.82) is 0 Å². The standard InChI is InChI=1S/C29H34N4O4S/c1-31-15-7-12-25(20-31)33-17-16-32(21-28(33)34)29(35)27(18-22-8-3-2-4-9-22)30-38(36,37)26-14-13-23-10-5-6-11-24(23)19-26/h2-6,8-11,13-14,19,25,27,30H,7,12,15-18,20-21H2,1H3. The second-order valence-corrected chi connectivity index (χ2v) is 12.0. The summed E-state index contributed by atoms with van der Waals surface area (Å²) >= 11 is 0. The molecule has 2 amide bonds. The number of amides is 2. The molecule has 0 aliphatic carbocycles. The summed E-state index contributed by atoms with van der Waals surface area (Å²) in [6.45, 7) is 2.66. The van der Waals surface area contributed by atoms with Crippen LogP contribution in [0.15, 0.2) is 77.7 Å². The number of hydrogen-bond donors (Lipinski definition) is 1. The van der Waals surface area contributed by atoms with Crippen molar-refractivity contribution in [2.24, 2.45) is 0 Å². The van der Waals surface area contributed by atoms with Crippen LogP contribution in [0, 0.1) is 0 Å². The van der Waals surface area contributed by atoms with Crippen LogP contribution in [-0.2, 0) is 26.0 Å². The predicted octanol–water partition coefficient (Wildman–Crippen LogP) is 2.49. The zero-order valence-electron chi connectivity index (χ0n) is 21.6. The first kappa shape index (κ1) is 26.3. The second kappa shape index (κ2) is 11.2. The lowest BCUT2D eigenvalue weighted by Gasteiger charge is -2.43. The van der Waals surface area contributed by atoms with E-state index in [-0.39, 0.29) is 35.7 Å². The van der Waals surface area contributed by atoms with E-state index in [4.69, 9.17) is 0 Å². The first-order valence-electron chi connectivity index (χ1n) is 13.1. The molecule has 2 unspecified atom stereocenters. The van der Waals surface area contributed by atoms with Gasteiger partial charge in [0.1, 0.15) is 6.04 Å². The van der Waals surface area contributed by atoms with Crippen LogP contribution in [-0.4, -0.2) is 86.8 Å². The highest BCUT2D eigenvalue weighted by Crippen LogP contribution is 2.21. The number of sulfonamides is 1. The van der Waals surface area contributed by atoms with Crippen LogP contribution < -0.4 is 4.72 Å². The Morgan fingerprint density at radius 2 is 1.71 bits per heavy atom. The minimum Gasteiger partial charge on any atom is -0.335 e. The number of carbonyl (C=O) groups is 2. The van der Waals surface area contributed by atoms with Gasteiger partial charge < -0.3 is 14.7 Å². The van der Waals surface area contributed by atoms with E-state index in [0.717, 1.165) is 42.3 Å². The predicted molar refractivity (Wildman–Crippen MR) is 147 cm³/mol. The van der Waals surface area contributed by atoms with Crippen molar-refractivity contribution in [2.45, 2.75) is 36.2 Å². The lowest BCUT2D eigenvalue weighted by molar-refractivity contribution is -0.148. The molecule has 0 saturated carbocycles. The molecule has 0 radical (unpaired) electrons. The van der Waals surface area contributed by atoms with E-state index in [9.17, 15) is 18.0 Å². The third-order valence-electron chi connectivity index (χ3n) is 7.52. The van der Waals surface area contributed by atoms with Crippen molar-refractivity contribution in [3.8, 4) is 0 Å². The molecule has 2 saturated heterocycles. The van der Waals surface area contributed by atoms with Crippen LogP contribution in [0.4, 0.5) is 0 Å². The summed E-state index contributed by atoms with van der Waals surface area (Å²) in [6.07, 6.45) is 2.20. The fraction of sp³-hybridized carbons (Fsp3) is 0.379. The van der Waals surface area contributed by atoms with Gasteiger partial charge in [-0.05, 0) is 61.3 Å². The summed E-state index contributed by atoms with van der Waals surface area (Å²) in [5.74, 6) is -0.465. The number of likely N-dealkylation sites (tertiary alicyclic amines) is 1. The smallest absolute Gasteiger partial charge is 0.242 e. The molecule has 3 aromatic rings.